The van der Waals surface area contributed by atoms with Gasteiger partial charge < -0.3 is 29.7 Å². The number of cyclic esters (lactones) is 1. The highest BCUT2D eigenvalue weighted by Gasteiger charge is 2.75. The van der Waals surface area contributed by atoms with Gasteiger partial charge >= 0.3 is 5.97 Å². The Hall–Kier alpha value is -3.51. The molecular weight excluding hydrogens is 702 g/mol. The number of aryl methyl sites for hydroxylation is 1. The van der Waals surface area contributed by atoms with E-state index in [1.807, 2.05) is 55.5 Å². The van der Waals surface area contributed by atoms with Crippen molar-refractivity contribution in [3.05, 3.63) is 87.4 Å². The van der Waals surface area contributed by atoms with E-state index >= 15 is 4.79 Å². The highest BCUT2D eigenvalue weighted by molar-refractivity contribution is 9.11. The third kappa shape index (κ3) is 6.33. The second-order valence-electron chi connectivity index (χ2n) is 12.6. The van der Waals surface area contributed by atoms with Gasteiger partial charge in [-0.25, -0.2) is 0 Å². The van der Waals surface area contributed by atoms with E-state index in [2.05, 4.69) is 21.2 Å². The molecule has 6 rings (SSSR count). The highest BCUT2D eigenvalue weighted by Crippen LogP contribution is 2.59. The van der Waals surface area contributed by atoms with Crippen LogP contribution >= 0.6 is 27.5 Å². The zero-order chi connectivity index (χ0) is 34.0. The number of amides is 3. The van der Waals surface area contributed by atoms with Gasteiger partial charge in [-0.15, -0.1) is 0 Å². The molecule has 4 aliphatic heterocycles. The van der Waals surface area contributed by atoms with Crippen molar-refractivity contribution in [2.75, 3.05) is 31.1 Å². The molecule has 2 fully saturated rings. The number of halogens is 2. The van der Waals surface area contributed by atoms with Crippen molar-refractivity contribution in [1.29, 1.82) is 0 Å². The summed E-state index contributed by atoms with van der Waals surface area (Å²) >= 11 is 10.3. The number of allylic oxidation sites excluding steroid dienone is 1. The minimum atomic E-state index is -1.44. The van der Waals surface area contributed by atoms with Crippen molar-refractivity contribution in [3.63, 3.8) is 0 Å². The molecule has 0 saturated carbocycles. The number of hydrogen-bond acceptors (Lipinski definition) is 7. The summed E-state index contributed by atoms with van der Waals surface area (Å²) in [7, 11) is 0. The number of unbranched alkanes of at least 4 members (excludes halogenated alkanes) is 2. The van der Waals surface area contributed by atoms with Gasteiger partial charge in [-0.3, -0.25) is 19.2 Å². The smallest absolute Gasteiger partial charge is 0.313 e. The normalized spacial score (nSPS) is 29.8. The number of nitrogens with one attached hydrogen (secondary N) is 1. The molecule has 2 aromatic rings. The van der Waals surface area contributed by atoms with Crippen molar-refractivity contribution < 1.29 is 33.8 Å². The molecule has 2 N–H and O–H groups in total. The second kappa shape index (κ2) is 14.5. The van der Waals surface area contributed by atoms with Gasteiger partial charge in [-0.2, -0.15) is 0 Å². The zero-order valence-corrected chi connectivity index (χ0v) is 29.0. The van der Waals surface area contributed by atoms with Gasteiger partial charge in [0, 0.05) is 30.6 Å². The number of fused-ring (bicyclic) bond motifs is 2. The van der Waals surface area contributed by atoms with Crippen molar-refractivity contribution in [1.82, 2.24) is 10.2 Å². The van der Waals surface area contributed by atoms with Gasteiger partial charge in [0.05, 0.1) is 23.2 Å². The molecule has 4 heterocycles. The number of likely N-dealkylation sites (tertiary alicyclic amines) is 1. The monoisotopic (exact) mass is 739 g/mol. The lowest BCUT2D eigenvalue weighted by atomic mass is 9.74. The van der Waals surface area contributed by atoms with Crippen LogP contribution in [-0.4, -0.2) is 77.7 Å². The van der Waals surface area contributed by atoms with Crippen LogP contribution in [-0.2, 0) is 28.7 Å². The standard InChI is InChI=1S/C36H39BrClN3O7/c1-22-12-11-15-25(38)30(22)40-17-8-3-7-16-27(43)39-21-26(23-13-5-2-6-14-23)47-35(46)28-29-33(44)41(18-9-4-10-19-42)32(34(40)45)36(29)20-24(37)31(28)48-36/h2-3,5-6,8,11-15,20,26,28-29,31-32,42H,4,7,9-10,16-19,21H2,1H3,(H,39,43)/b8-3-/t26-,28-,29+,31-,32-,36+/m1/s1. The first kappa shape index (κ1) is 34.4. The molecule has 254 valence electrons. The summed E-state index contributed by atoms with van der Waals surface area (Å²) in [4.78, 5) is 59.8. The van der Waals surface area contributed by atoms with Gasteiger partial charge in [0.1, 0.15) is 29.8 Å². The van der Waals surface area contributed by atoms with Crippen molar-refractivity contribution in [2.45, 2.75) is 62.9 Å². The van der Waals surface area contributed by atoms with Crippen molar-refractivity contribution in [2.24, 2.45) is 11.8 Å². The highest BCUT2D eigenvalue weighted by atomic mass is 79.9. The number of aliphatic hydroxyl groups is 1. The first-order valence-electron chi connectivity index (χ1n) is 16.4. The minimum Gasteiger partial charge on any atom is -0.455 e. The second-order valence-corrected chi connectivity index (χ2v) is 14.0. The minimum absolute atomic E-state index is 0.0200. The fourth-order valence-corrected chi connectivity index (χ4v) is 8.46. The molecule has 2 saturated heterocycles. The van der Waals surface area contributed by atoms with Crippen LogP contribution in [0.3, 0.4) is 0 Å². The molecule has 3 amide bonds. The van der Waals surface area contributed by atoms with E-state index in [1.165, 1.54) is 0 Å². The number of para-hydroxylation sites is 1. The average Bonchev–Trinajstić information content (AvgIpc) is 3.66. The Morgan fingerprint density at radius 2 is 1.81 bits per heavy atom. The van der Waals surface area contributed by atoms with Gasteiger partial charge in [0.25, 0.3) is 5.91 Å². The van der Waals surface area contributed by atoms with E-state index in [4.69, 9.17) is 21.1 Å². The van der Waals surface area contributed by atoms with Gasteiger partial charge in [-0.1, -0.05) is 82.1 Å². The quantitative estimate of drug-likeness (QED) is 0.238. The van der Waals surface area contributed by atoms with Gasteiger partial charge in [-0.05, 0) is 55.9 Å². The zero-order valence-electron chi connectivity index (χ0n) is 26.6. The van der Waals surface area contributed by atoms with Crippen LogP contribution in [0.2, 0.25) is 5.02 Å². The van der Waals surface area contributed by atoms with Crippen LogP contribution in [0.1, 0.15) is 49.3 Å². The molecule has 0 aliphatic carbocycles. The predicted molar refractivity (Wildman–Crippen MR) is 183 cm³/mol. The lowest BCUT2D eigenvalue weighted by Gasteiger charge is -2.36. The number of anilines is 1. The molecule has 12 heteroatoms. The van der Waals surface area contributed by atoms with Gasteiger partial charge in [0.15, 0.2) is 0 Å². The number of hydrogen-bond donors (Lipinski definition) is 2. The SMILES string of the molecule is Cc1cccc(Cl)c1N1C/C=C\CCC(=O)NC[C@H](c2ccccc2)OC(=O)[C@H]2[C@@H]3O[C@@]4(C=C3Br)[C@@H]2C(=O)N(CCCCCO)[C@@H]4C1=O. The van der Waals surface area contributed by atoms with E-state index in [-0.39, 0.29) is 44.5 Å². The fourth-order valence-electron chi connectivity index (χ4n) is 7.40. The van der Waals surface area contributed by atoms with Crippen LogP contribution in [0.5, 0.6) is 0 Å². The largest absolute Gasteiger partial charge is 0.455 e. The van der Waals surface area contributed by atoms with Crippen LogP contribution in [0.15, 0.2) is 71.2 Å². The number of rotatable bonds is 7. The third-order valence-corrected chi connectivity index (χ3v) is 10.6. The number of carbonyl (C=O) groups is 4. The first-order chi connectivity index (χ1) is 23.2. The van der Waals surface area contributed by atoms with Gasteiger partial charge in [0.2, 0.25) is 11.8 Å². The number of carbonyl (C=O) groups excluding carboxylic acids is 4. The molecule has 0 aromatic heterocycles. The maximum Gasteiger partial charge on any atom is 0.313 e. The van der Waals surface area contributed by atoms with E-state index in [1.54, 1.807) is 28.0 Å². The summed E-state index contributed by atoms with van der Waals surface area (Å²) in [6.07, 6.45) is 6.16. The first-order valence-corrected chi connectivity index (χ1v) is 17.6. The van der Waals surface area contributed by atoms with E-state index in [9.17, 15) is 19.5 Å². The Labute approximate surface area is 293 Å². The maximum atomic E-state index is 15.0. The number of aliphatic hydroxyl groups excluding tert-OH is 1. The summed E-state index contributed by atoms with van der Waals surface area (Å²) in [5, 5.41) is 12.7. The Bertz CT molecular complexity index is 1610. The average molecular weight is 741 g/mol. The van der Waals surface area contributed by atoms with Crippen LogP contribution in [0.4, 0.5) is 5.69 Å². The van der Waals surface area contributed by atoms with E-state index in [0.717, 1.165) is 5.56 Å². The van der Waals surface area contributed by atoms with E-state index < -0.39 is 47.6 Å². The lowest BCUT2D eigenvalue weighted by molar-refractivity contribution is -0.159. The van der Waals surface area contributed by atoms with Crippen LogP contribution in [0, 0.1) is 18.8 Å². The number of ether oxygens (including phenoxy) is 2. The molecule has 0 unspecified atom stereocenters. The molecule has 48 heavy (non-hydrogen) atoms. The molecule has 10 nitrogen and oxygen atoms in total. The van der Waals surface area contributed by atoms with Crippen molar-refractivity contribution in [3.8, 4) is 0 Å². The maximum absolute atomic E-state index is 15.0. The number of benzene rings is 2. The molecule has 2 aromatic carbocycles. The number of esters is 1. The van der Waals surface area contributed by atoms with Crippen LogP contribution < -0.4 is 10.2 Å². The van der Waals surface area contributed by atoms with Crippen LogP contribution in [0.25, 0.3) is 0 Å². The lowest BCUT2D eigenvalue weighted by Crippen LogP contribution is -2.56. The molecule has 5 bridgehead atoms. The van der Waals surface area contributed by atoms with E-state index in [0.29, 0.717) is 46.4 Å². The molecule has 1 spiro atoms. The Morgan fingerprint density at radius 3 is 2.56 bits per heavy atom. The molecule has 6 atom stereocenters. The summed E-state index contributed by atoms with van der Waals surface area (Å²) in [6.45, 7) is 2.30. The summed E-state index contributed by atoms with van der Waals surface area (Å²) in [5.74, 6) is -3.68. The molecular formula is C36H39BrClN3O7. The fraction of sp³-hybridized carbons (Fsp3) is 0.444. The Kier molecular flexibility index (Phi) is 10.4. The molecule has 0 radical (unpaired) electrons. The topological polar surface area (TPSA) is 125 Å². The molecule has 4 aliphatic rings. The Morgan fingerprint density at radius 1 is 1.02 bits per heavy atom. The Balaban J connectivity index is 1.46. The summed E-state index contributed by atoms with van der Waals surface area (Å²) in [6, 6.07) is 13.4. The van der Waals surface area contributed by atoms with Crippen molar-refractivity contribution >= 4 is 56.9 Å². The predicted octanol–water partition coefficient (Wildman–Crippen LogP) is 4.77. The number of nitrogens with zero attached hydrogens (tertiary/aromatic N) is 2. The summed E-state index contributed by atoms with van der Waals surface area (Å²) in [5.41, 5.74) is 0.526. The third-order valence-electron chi connectivity index (χ3n) is 9.62. The summed E-state index contributed by atoms with van der Waals surface area (Å²) < 4.78 is 13.3.